The molecule has 0 radical (unpaired) electrons. The summed E-state index contributed by atoms with van der Waals surface area (Å²) in [6.07, 6.45) is 1.61. The van der Waals surface area contributed by atoms with Crippen LogP contribution in [-0.4, -0.2) is 14.6 Å². The number of fused-ring (bicyclic) bond motifs is 1. The van der Waals surface area contributed by atoms with E-state index in [1.165, 1.54) is 16.6 Å². The molecule has 0 aliphatic carbocycles. The van der Waals surface area contributed by atoms with E-state index in [1.54, 1.807) is 18.3 Å². The standard InChI is InChI=1S/C15H12Cl2FN3/c1-8(2)12-13(16)20-15-11(7-19-21(15)14(12)17)9-4-3-5-10(18)6-9/h3-8H,1-2H3. The van der Waals surface area contributed by atoms with Crippen LogP contribution in [0.5, 0.6) is 0 Å². The van der Waals surface area contributed by atoms with E-state index >= 15 is 0 Å². The van der Waals surface area contributed by atoms with E-state index in [-0.39, 0.29) is 11.7 Å². The van der Waals surface area contributed by atoms with Crippen molar-refractivity contribution < 1.29 is 4.39 Å². The minimum atomic E-state index is -0.317. The van der Waals surface area contributed by atoms with Crippen molar-refractivity contribution >= 4 is 28.8 Å². The molecule has 3 rings (SSSR count). The minimum Gasteiger partial charge on any atom is -0.216 e. The first-order chi connectivity index (χ1) is 9.99. The van der Waals surface area contributed by atoms with E-state index in [1.807, 2.05) is 13.8 Å². The summed E-state index contributed by atoms with van der Waals surface area (Å²) in [6, 6.07) is 6.25. The second kappa shape index (κ2) is 5.28. The molecular weight excluding hydrogens is 312 g/mol. The molecular formula is C15H12Cl2FN3. The summed E-state index contributed by atoms with van der Waals surface area (Å²) < 4.78 is 14.9. The highest BCUT2D eigenvalue weighted by Crippen LogP contribution is 2.33. The molecule has 2 aromatic heterocycles. The van der Waals surface area contributed by atoms with Gasteiger partial charge in [-0.15, -0.1) is 0 Å². The van der Waals surface area contributed by atoms with Crippen LogP contribution in [0.2, 0.25) is 10.3 Å². The summed E-state index contributed by atoms with van der Waals surface area (Å²) in [6.45, 7) is 3.97. The Bertz CT molecular complexity index is 827. The van der Waals surface area contributed by atoms with Gasteiger partial charge in [0.1, 0.15) is 16.1 Å². The first-order valence-electron chi connectivity index (χ1n) is 6.47. The van der Waals surface area contributed by atoms with Gasteiger partial charge in [0, 0.05) is 11.1 Å². The Hall–Kier alpha value is -1.65. The highest BCUT2D eigenvalue weighted by molar-refractivity contribution is 6.35. The fourth-order valence-corrected chi connectivity index (χ4v) is 3.15. The van der Waals surface area contributed by atoms with Gasteiger partial charge in [-0.25, -0.2) is 13.9 Å². The van der Waals surface area contributed by atoms with Gasteiger partial charge in [0.05, 0.1) is 6.20 Å². The molecule has 0 bridgehead atoms. The molecule has 6 heteroatoms. The highest BCUT2D eigenvalue weighted by Gasteiger charge is 2.19. The molecule has 0 saturated carbocycles. The molecule has 2 heterocycles. The lowest BCUT2D eigenvalue weighted by molar-refractivity contribution is 0.628. The van der Waals surface area contributed by atoms with Crippen LogP contribution in [0.1, 0.15) is 25.3 Å². The molecule has 0 fully saturated rings. The molecule has 0 amide bonds. The van der Waals surface area contributed by atoms with Crippen molar-refractivity contribution in [3.63, 3.8) is 0 Å². The zero-order valence-electron chi connectivity index (χ0n) is 11.4. The molecule has 0 spiro atoms. The molecule has 3 nitrogen and oxygen atoms in total. The van der Waals surface area contributed by atoms with Crippen molar-refractivity contribution in [1.82, 2.24) is 14.6 Å². The van der Waals surface area contributed by atoms with Gasteiger partial charge < -0.3 is 0 Å². The molecule has 0 aliphatic rings. The average molecular weight is 324 g/mol. The summed E-state index contributed by atoms with van der Waals surface area (Å²) in [5.74, 6) is -0.188. The van der Waals surface area contributed by atoms with Crippen molar-refractivity contribution in [2.45, 2.75) is 19.8 Å². The Morgan fingerprint density at radius 1 is 1.24 bits per heavy atom. The van der Waals surface area contributed by atoms with Crippen LogP contribution in [0.3, 0.4) is 0 Å². The van der Waals surface area contributed by atoms with Crippen molar-refractivity contribution in [2.75, 3.05) is 0 Å². The lowest BCUT2D eigenvalue weighted by Gasteiger charge is -2.11. The summed E-state index contributed by atoms with van der Waals surface area (Å²) >= 11 is 12.6. The smallest absolute Gasteiger partial charge is 0.166 e. The molecule has 0 saturated heterocycles. The maximum atomic E-state index is 13.4. The van der Waals surface area contributed by atoms with Crippen LogP contribution in [0.15, 0.2) is 30.5 Å². The Morgan fingerprint density at radius 2 is 2.00 bits per heavy atom. The second-order valence-electron chi connectivity index (χ2n) is 5.07. The fraction of sp³-hybridized carbons (Fsp3) is 0.200. The van der Waals surface area contributed by atoms with E-state index in [4.69, 9.17) is 23.2 Å². The maximum absolute atomic E-state index is 13.4. The molecule has 3 aromatic rings. The quantitative estimate of drug-likeness (QED) is 0.623. The zero-order valence-corrected chi connectivity index (χ0v) is 13.0. The molecule has 0 unspecified atom stereocenters. The summed E-state index contributed by atoms with van der Waals surface area (Å²) in [5.41, 5.74) is 2.63. The molecule has 0 aliphatic heterocycles. The van der Waals surface area contributed by atoms with Gasteiger partial charge in [-0.05, 0) is 23.6 Å². The normalized spacial score (nSPS) is 11.5. The van der Waals surface area contributed by atoms with Crippen molar-refractivity contribution in [3.05, 3.63) is 52.1 Å². The third-order valence-electron chi connectivity index (χ3n) is 3.29. The predicted octanol–water partition coefficient (Wildman–Crippen LogP) is 4.97. The van der Waals surface area contributed by atoms with E-state index in [9.17, 15) is 4.39 Å². The average Bonchev–Trinajstić information content (AvgIpc) is 2.82. The van der Waals surface area contributed by atoms with E-state index in [2.05, 4.69) is 10.1 Å². The lowest BCUT2D eigenvalue weighted by atomic mass is 10.1. The van der Waals surface area contributed by atoms with Crippen molar-refractivity contribution in [2.24, 2.45) is 0 Å². The number of aromatic nitrogens is 3. The van der Waals surface area contributed by atoms with Gasteiger partial charge in [-0.3, -0.25) is 0 Å². The monoisotopic (exact) mass is 323 g/mol. The zero-order chi connectivity index (χ0) is 15.1. The number of hydrogen-bond acceptors (Lipinski definition) is 2. The Morgan fingerprint density at radius 3 is 2.67 bits per heavy atom. The van der Waals surface area contributed by atoms with Crippen LogP contribution in [0.25, 0.3) is 16.8 Å². The maximum Gasteiger partial charge on any atom is 0.166 e. The number of halogens is 3. The summed E-state index contributed by atoms with van der Waals surface area (Å²) in [4.78, 5) is 4.38. The number of benzene rings is 1. The summed E-state index contributed by atoms with van der Waals surface area (Å²) in [5, 5.41) is 5.03. The third kappa shape index (κ3) is 2.39. The molecule has 1 aromatic carbocycles. The van der Waals surface area contributed by atoms with Gasteiger partial charge >= 0.3 is 0 Å². The number of rotatable bonds is 2. The SMILES string of the molecule is CC(C)c1c(Cl)nc2c(-c3cccc(F)c3)cnn2c1Cl. The van der Waals surface area contributed by atoms with Crippen LogP contribution < -0.4 is 0 Å². The number of hydrogen-bond donors (Lipinski definition) is 0. The van der Waals surface area contributed by atoms with Crippen molar-refractivity contribution in [1.29, 1.82) is 0 Å². The Labute approximate surface area is 131 Å². The molecule has 0 N–H and O–H groups in total. The minimum absolute atomic E-state index is 0.128. The van der Waals surface area contributed by atoms with E-state index < -0.39 is 0 Å². The van der Waals surface area contributed by atoms with Gasteiger partial charge in [-0.1, -0.05) is 49.2 Å². The van der Waals surface area contributed by atoms with Gasteiger partial charge in [0.2, 0.25) is 0 Å². The molecule has 0 atom stereocenters. The van der Waals surface area contributed by atoms with Crippen molar-refractivity contribution in [3.8, 4) is 11.1 Å². The lowest BCUT2D eigenvalue weighted by Crippen LogP contribution is -2.01. The van der Waals surface area contributed by atoms with Crippen LogP contribution >= 0.6 is 23.2 Å². The summed E-state index contributed by atoms with van der Waals surface area (Å²) in [7, 11) is 0. The van der Waals surface area contributed by atoms with E-state index in [0.717, 1.165) is 5.56 Å². The first kappa shape index (κ1) is 14.3. The Kier molecular flexibility index (Phi) is 3.59. The largest absolute Gasteiger partial charge is 0.216 e. The van der Waals surface area contributed by atoms with Crippen LogP contribution in [0, 0.1) is 5.82 Å². The Balaban J connectivity index is 2.29. The topological polar surface area (TPSA) is 30.2 Å². The van der Waals surface area contributed by atoms with Gasteiger partial charge in [0.15, 0.2) is 5.65 Å². The molecule has 21 heavy (non-hydrogen) atoms. The molecule has 108 valence electrons. The first-order valence-corrected chi connectivity index (χ1v) is 7.23. The van der Waals surface area contributed by atoms with Gasteiger partial charge in [-0.2, -0.15) is 5.10 Å². The van der Waals surface area contributed by atoms with Crippen LogP contribution in [0.4, 0.5) is 4.39 Å². The third-order valence-corrected chi connectivity index (χ3v) is 3.94. The van der Waals surface area contributed by atoms with Crippen LogP contribution in [-0.2, 0) is 0 Å². The predicted molar refractivity (Wildman–Crippen MR) is 82.5 cm³/mol. The number of nitrogens with zero attached hydrogens (tertiary/aromatic N) is 3. The fourth-order valence-electron chi connectivity index (χ4n) is 2.28. The highest BCUT2D eigenvalue weighted by atomic mass is 35.5. The van der Waals surface area contributed by atoms with E-state index in [0.29, 0.717) is 27.1 Å². The second-order valence-corrected chi connectivity index (χ2v) is 5.78. The van der Waals surface area contributed by atoms with Gasteiger partial charge in [0.25, 0.3) is 0 Å².